The quantitative estimate of drug-likeness (QED) is 0.550. The lowest BCUT2D eigenvalue weighted by Gasteiger charge is -2.22. The molecule has 138 valence electrons. The molecule has 1 atom stereocenters. The van der Waals surface area contributed by atoms with Crippen molar-refractivity contribution in [3.8, 4) is 17.0 Å². The van der Waals surface area contributed by atoms with E-state index in [1.807, 2.05) is 24.4 Å². The number of hydrogen-bond donors (Lipinski definition) is 1. The first-order chi connectivity index (χ1) is 13.2. The standard InChI is InChI=1S/C21H22N4O2/c1-14(20-8-9-27-24-20)25(2)13-18-12-22-23-21(18)17-5-4-16-11-19(26-3)7-6-15(16)10-17/h4-12,14H,13H2,1-3H3,(H,22,23)/t14-/m1/s1. The normalized spacial score (nSPS) is 12.6. The van der Waals surface area contributed by atoms with E-state index in [2.05, 4.69) is 58.5 Å². The molecule has 1 N–H and O–H groups in total. The van der Waals surface area contributed by atoms with Crippen LogP contribution in [0.25, 0.3) is 22.0 Å². The van der Waals surface area contributed by atoms with E-state index in [9.17, 15) is 0 Å². The number of hydrogen-bond acceptors (Lipinski definition) is 5. The van der Waals surface area contributed by atoms with Crippen LogP contribution in [-0.2, 0) is 6.54 Å². The van der Waals surface area contributed by atoms with Gasteiger partial charge in [-0.1, -0.05) is 23.4 Å². The van der Waals surface area contributed by atoms with E-state index >= 15 is 0 Å². The van der Waals surface area contributed by atoms with E-state index in [0.717, 1.165) is 45.6 Å². The molecule has 0 bridgehead atoms. The molecule has 27 heavy (non-hydrogen) atoms. The molecule has 0 aliphatic carbocycles. The minimum Gasteiger partial charge on any atom is -0.497 e. The van der Waals surface area contributed by atoms with Gasteiger partial charge in [-0.2, -0.15) is 5.10 Å². The molecule has 0 aliphatic heterocycles. The van der Waals surface area contributed by atoms with Crippen molar-refractivity contribution in [1.82, 2.24) is 20.3 Å². The van der Waals surface area contributed by atoms with Crippen molar-refractivity contribution in [2.24, 2.45) is 0 Å². The Hall–Kier alpha value is -3.12. The average molecular weight is 362 g/mol. The number of rotatable bonds is 6. The second kappa shape index (κ2) is 7.25. The molecule has 0 spiro atoms. The van der Waals surface area contributed by atoms with Crippen molar-refractivity contribution in [3.63, 3.8) is 0 Å². The zero-order valence-corrected chi connectivity index (χ0v) is 15.6. The Morgan fingerprint density at radius 2 is 1.96 bits per heavy atom. The van der Waals surface area contributed by atoms with Crippen LogP contribution in [0, 0.1) is 0 Å². The number of H-pyrrole nitrogens is 1. The van der Waals surface area contributed by atoms with E-state index in [4.69, 9.17) is 9.26 Å². The predicted molar refractivity (Wildman–Crippen MR) is 104 cm³/mol. The number of aromatic amines is 1. The Morgan fingerprint density at radius 1 is 1.15 bits per heavy atom. The fourth-order valence-electron chi connectivity index (χ4n) is 3.26. The van der Waals surface area contributed by atoms with E-state index in [1.54, 1.807) is 13.4 Å². The molecule has 2 heterocycles. The lowest BCUT2D eigenvalue weighted by atomic mass is 10.0. The minimum absolute atomic E-state index is 0.149. The third-order valence-corrected chi connectivity index (χ3v) is 5.02. The highest BCUT2D eigenvalue weighted by Crippen LogP contribution is 2.29. The highest BCUT2D eigenvalue weighted by Gasteiger charge is 2.17. The highest BCUT2D eigenvalue weighted by molar-refractivity contribution is 5.88. The van der Waals surface area contributed by atoms with Crippen LogP contribution in [0.4, 0.5) is 0 Å². The monoisotopic (exact) mass is 362 g/mol. The fourth-order valence-corrected chi connectivity index (χ4v) is 3.26. The van der Waals surface area contributed by atoms with Crippen molar-refractivity contribution in [3.05, 3.63) is 66.2 Å². The first kappa shape index (κ1) is 17.3. The van der Waals surface area contributed by atoms with Crippen LogP contribution in [-0.4, -0.2) is 34.4 Å². The van der Waals surface area contributed by atoms with Gasteiger partial charge in [-0.05, 0) is 42.9 Å². The molecule has 6 heteroatoms. The molecule has 0 aliphatic rings. The van der Waals surface area contributed by atoms with Gasteiger partial charge in [-0.3, -0.25) is 10.00 Å². The number of methoxy groups -OCH3 is 1. The van der Waals surface area contributed by atoms with Crippen LogP contribution < -0.4 is 4.74 Å². The Labute approximate surface area is 157 Å². The van der Waals surface area contributed by atoms with Crippen LogP contribution in [0.3, 0.4) is 0 Å². The first-order valence-electron chi connectivity index (χ1n) is 8.86. The Bertz CT molecular complexity index is 1040. The van der Waals surface area contributed by atoms with Crippen molar-refractivity contribution >= 4 is 10.8 Å². The fraction of sp³-hybridized carbons (Fsp3) is 0.238. The smallest absolute Gasteiger partial charge is 0.124 e. The largest absolute Gasteiger partial charge is 0.497 e. The first-order valence-corrected chi connectivity index (χ1v) is 8.86. The molecule has 4 rings (SSSR count). The summed E-state index contributed by atoms with van der Waals surface area (Å²) in [6.45, 7) is 2.86. The Morgan fingerprint density at radius 3 is 2.74 bits per heavy atom. The summed E-state index contributed by atoms with van der Waals surface area (Å²) in [6.07, 6.45) is 3.49. The molecule has 0 saturated carbocycles. The maximum Gasteiger partial charge on any atom is 0.124 e. The summed E-state index contributed by atoms with van der Waals surface area (Å²) in [6, 6.07) is 14.5. The number of nitrogens with zero attached hydrogens (tertiary/aromatic N) is 3. The van der Waals surface area contributed by atoms with Gasteiger partial charge in [-0.15, -0.1) is 0 Å². The topological polar surface area (TPSA) is 67.2 Å². The van der Waals surface area contributed by atoms with Gasteiger partial charge >= 0.3 is 0 Å². The maximum atomic E-state index is 5.31. The zero-order valence-electron chi connectivity index (χ0n) is 15.6. The highest BCUT2D eigenvalue weighted by atomic mass is 16.5. The summed E-state index contributed by atoms with van der Waals surface area (Å²) in [5, 5.41) is 13.8. The molecule has 0 fully saturated rings. The van der Waals surface area contributed by atoms with Gasteiger partial charge in [0, 0.05) is 23.7 Å². The van der Waals surface area contributed by atoms with E-state index in [-0.39, 0.29) is 6.04 Å². The average Bonchev–Trinajstić information content (AvgIpc) is 3.38. The Balaban J connectivity index is 1.60. The van der Waals surface area contributed by atoms with Gasteiger partial charge in [0.1, 0.15) is 17.7 Å². The van der Waals surface area contributed by atoms with E-state index in [1.165, 1.54) is 0 Å². The van der Waals surface area contributed by atoms with Gasteiger partial charge < -0.3 is 9.26 Å². The molecule has 2 aromatic carbocycles. The third-order valence-electron chi connectivity index (χ3n) is 5.02. The van der Waals surface area contributed by atoms with Gasteiger partial charge in [0.2, 0.25) is 0 Å². The predicted octanol–water partition coefficient (Wildman–Crippen LogP) is 4.42. The summed E-state index contributed by atoms with van der Waals surface area (Å²) in [7, 11) is 3.76. The zero-order chi connectivity index (χ0) is 18.8. The van der Waals surface area contributed by atoms with Crippen molar-refractivity contribution in [1.29, 1.82) is 0 Å². The van der Waals surface area contributed by atoms with Crippen molar-refractivity contribution < 1.29 is 9.26 Å². The van der Waals surface area contributed by atoms with Gasteiger partial charge in [0.05, 0.1) is 25.0 Å². The Kier molecular flexibility index (Phi) is 4.64. The molecule has 6 nitrogen and oxygen atoms in total. The van der Waals surface area contributed by atoms with Gasteiger partial charge in [-0.25, -0.2) is 0 Å². The van der Waals surface area contributed by atoms with Gasteiger partial charge in [0.25, 0.3) is 0 Å². The lowest BCUT2D eigenvalue weighted by molar-refractivity contribution is 0.241. The number of nitrogens with one attached hydrogen (secondary N) is 1. The summed E-state index contributed by atoms with van der Waals surface area (Å²) in [5.41, 5.74) is 4.21. The molecular weight excluding hydrogens is 340 g/mol. The molecule has 0 radical (unpaired) electrons. The second-order valence-electron chi connectivity index (χ2n) is 6.71. The second-order valence-corrected chi connectivity index (χ2v) is 6.71. The van der Waals surface area contributed by atoms with E-state index in [0.29, 0.717) is 0 Å². The van der Waals surface area contributed by atoms with Crippen LogP contribution in [0.2, 0.25) is 0 Å². The van der Waals surface area contributed by atoms with Gasteiger partial charge in [0.15, 0.2) is 0 Å². The SMILES string of the molecule is COc1ccc2cc(-c3[nH]ncc3CN(C)[C@H](C)c3ccon3)ccc2c1. The maximum absolute atomic E-state index is 5.31. The number of fused-ring (bicyclic) bond motifs is 1. The van der Waals surface area contributed by atoms with E-state index < -0.39 is 0 Å². The minimum atomic E-state index is 0.149. The molecule has 0 saturated heterocycles. The lowest BCUT2D eigenvalue weighted by Crippen LogP contribution is -2.22. The number of aromatic nitrogens is 3. The summed E-state index contributed by atoms with van der Waals surface area (Å²) in [5.74, 6) is 0.862. The summed E-state index contributed by atoms with van der Waals surface area (Å²) in [4.78, 5) is 2.22. The van der Waals surface area contributed by atoms with Crippen LogP contribution in [0.15, 0.2) is 59.4 Å². The molecule has 0 amide bonds. The van der Waals surface area contributed by atoms with Crippen LogP contribution >= 0.6 is 0 Å². The third kappa shape index (κ3) is 3.44. The summed E-state index contributed by atoms with van der Waals surface area (Å²) >= 11 is 0. The summed E-state index contributed by atoms with van der Waals surface area (Å²) < 4.78 is 10.3. The number of ether oxygens (including phenoxy) is 1. The molecule has 2 aromatic heterocycles. The molecule has 4 aromatic rings. The molecular formula is C21H22N4O2. The van der Waals surface area contributed by atoms with Crippen LogP contribution in [0.1, 0.15) is 24.2 Å². The molecule has 0 unspecified atom stereocenters. The number of benzene rings is 2. The van der Waals surface area contributed by atoms with Crippen molar-refractivity contribution in [2.75, 3.05) is 14.2 Å². The van der Waals surface area contributed by atoms with Crippen molar-refractivity contribution in [2.45, 2.75) is 19.5 Å². The van der Waals surface area contributed by atoms with Crippen LogP contribution in [0.5, 0.6) is 5.75 Å².